The van der Waals surface area contributed by atoms with E-state index >= 15 is 0 Å². The molecule has 1 aliphatic heterocycles. The fraction of sp³-hybridized carbons (Fsp3) is 0.619. The molecule has 28 heavy (non-hydrogen) atoms. The van der Waals surface area contributed by atoms with Gasteiger partial charge < -0.3 is 10.2 Å². The van der Waals surface area contributed by atoms with Crippen molar-refractivity contribution < 1.29 is 18.0 Å². The number of carbonyl (C=O) groups excluding carboxylic acids is 1. The largest absolute Gasteiger partial charge is 0.326 e. The average Bonchev–Trinajstić information content (AvgIpc) is 3.40. The molecule has 0 atom stereocenters. The van der Waals surface area contributed by atoms with E-state index in [2.05, 4.69) is 16.3 Å². The minimum absolute atomic E-state index is 0.0849. The lowest BCUT2D eigenvalue weighted by Crippen LogP contribution is -2.59. The number of nitrogens with zero attached hydrogens (tertiary/aromatic N) is 2. The quantitative estimate of drug-likeness (QED) is 0.804. The molecule has 7 heteroatoms. The molecule has 4 rings (SSSR count). The van der Waals surface area contributed by atoms with E-state index in [4.69, 9.17) is 0 Å². The predicted molar refractivity (Wildman–Crippen MR) is 98.1 cm³/mol. The van der Waals surface area contributed by atoms with Crippen LogP contribution < -0.4 is 5.32 Å². The van der Waals surface area contributed by atoms with Crippen LogP contribution in [0.1, 0.15) is 50.5 Å². The zero-order chi connectivity index (χ0) is 19.9. The lowest BCUT2D eigenvalue weighted by Gasteiger charge is -2.54. The van der Waals surface area contributed by atoms with Crippen LogP contribution in [0.25, 0.3) is 0 Å². The number of hydrogen-bond acceptors (Lipinski definition) is 3. The summed E-state index contributed by atoms with van der Waals surface area (Å²) in [4.78, 5) is 14.9. The van der Waals surface area contributed by atoms with Gasteiger partial charge in [0.2, 0.25) is 5.91 Å². The fourth-order valence-electron chi connectivity index (χ4n) is 4.76. The molecule has 1 heterocycles. The van der Waals surface area contributed by atoms with Crippen molar-refractivity contribution >= 4 is 11.6 Å². The third-order valence-electron chi connectivity index (χ3n) is 6.59. The Hall–Kier alpha value is -2.07. The van der Waals surface area contributed by atoms with Gasteiger partial charge in [0.15, 0.2) is 0 Å². The SMILES string of the molecule is N#CC1(CN2CC3(CCC(C(=O)Nc4cc(F)cc(C(F)F)c4)CC3)C2)CC1. The normalized spacial score (nSPS) is 23.2. The maximum atomic E-state index is 13.5. The molecule has 150 valence electrons. The second-order valence-electron chi connectivity index (χ2n) is 8.87. The molecule has 3 fully saturated rings. The molecular formula is C21H24F3N3O. The number of likely N-dealkylation sites (tertiary alicyclic amines) is 1. The Labute approximate surface area is 162 Å². The number of anilines is 1. The number of carbonyl (C=O) groups is 1. The highest BCUT2D eigenvalue weighted by Crippen LogP contribution is 2.51. The second-order valence-corrected chi connectivity index (χ2v) is 8.87. The molecule has 1 spiro atoms. The highest BCUT2D eigenvalue weighted by atomic mass is 19.3. The van der Waals surface area contributed by atoms with Crippen LogP contribution in [-0.2, 0) is 4.79 Å². The Kier molecular flexibility index (Phi) is 4.86. The number of alkyl halides is 2. The van der Waals surface area contributed by atoms with Crippen molar-refractivity contribution in [3.8, 4) is 6.07 Å². The predicted octanol–water partition coefficient (Wildman–Crippen LogP) is 4.50. The first-order valence-electron chi connectivity index (χ1n) is 9.85. The lowest BCUT2D eigenvalue weighted by molar-refractivity contribution is -0.123. The highest BCUT2D eigenvalue weighted by molar-refractivity contribution is 5.92. The average molecular weight is 391 g/mol. The van der Waals surface area contributed by atoms with Crippen LogP contribution in [0.15, 0.2) is 18.2 Å². The summed E-state index contributed by atoms with van der Waals surface area (Å²) in [5.41, 5.74) is -0.204. The van der Waals surface area contributed by atoms with Gasteiger partial charge >= 0.3 is 0 Å². The van der Waals surface area contributed by atoms with E-state index in [1.54, 1.807) is 0 Å². The van der Waals surface area contributed by atoms with Gasteiger partial charge in [-0.05, 0) is 62.1 Å². The third-order valence-corrected chi connectivity index (χ3v) is 6.59. The number of nitrogens with one attached hydrogen (secondary N) is 1. The summed E-state index contributed by atoms with van der Waals surface area (Å²) in [6.07, 6.45) is 2.63. The molecule has 2 aliphatic carbocycles. The van der Waals surface area contributed by atoms with Crippen LogP contribution in [0.2, 0.25) is 0 Å². The Morgan fingerprint density at radius 3 is 2.46 bits per heavy atom. The van der Waals surface area contributed by atoms with Gasteiger partial charge in [-0.3, -0.25) is 4.79 Å². The van der Waals surface area contributed by atoms with E-state index in [0.29, 0.717) is 0 Å². The summed E-state index contributed by atoms with van der Waals surface area (Å²) < 4.78 is 39.1. The van der Waals surface area contributed by atoms with Crippen LogP contribution in [0.3, 0.4) is 0 Å². The molecule has 1 N–H and O–H groups in total. The topological polar surface area (TPSA) is 56.1 Å². The first-order chi connectivity index (χ1) is 13.3. The summed E-state index contributed by atoms with van der Waals surface area (Å²) in [5.74, 6) is -1.18. The van der Waals surface area contributed by atoms with Gasteiger partial charge in [-0.25, -0.2) is 13.2 Å². The number of amides is 1. The van der Waals surface area contributed by atoms with Gasteiger partial charge in [0, 0.05) is 36.8 Å². The van der Waals surface area contributed by atoms with E-state index < -0.39 is 17.8 Å². The van der Waals surface area contributed by atoms with Gasteiger partial charge in [-0.2, -0.15) is 5.26 Å². The van der Waals surface area contributed by atoms with E-state index in [-0.39, 0.29) is 28.3 Å². The maximum absolute atomic E-state index is 13.5. The number of hydrogen-bond donors (Lipinski definition) is 1. The zero-order valence-electron chi connectivity index (χ0n) is 15.7. The first kappa shape index (κ1) is 19.3. The van der Waals surface area contributed by atoms with Crippen molar-refractivity contribution in [1.29, 1.82) is 5.26 Å². The van der Waals surface area contributed by atoms with Crippen molar-refractivity contribution in [3.05, 3.63) is 29.6 Å². The van der Waals surface area contributed by atoms with E-state index in [9.17, 15) is 23.2 Å². The molecule has 4 nitrogen and oxygen atoms in total. The minimum Gasteiger partial charge on any atom is -0.326 e. The molecule has 0 bridgehead atoms. The van der Waals surface area contributed by atoms with E-state index in [1.165, 1.54) is 0 Å². The molecular weight excluding hydrogens is 367 g/mol. The smallest absolute Gasteiger partial charge is 0.264 e. The molecule has 1 amide bonds. The summed E-state index contributed by atoms with van der Waals surface area (Å²) in [7, 11) is 0. The van der Waals surface area contributed by atoms with E-state index in [0.717, 1.165) is 76.4 Å². The summed E-state index contributed by atoms with van der Waals surface area (Å²) in [6.45, 7) is 2.85. The van der Waals surface area contributed by atoms with Crippen molar-refractivity contribution in [2.24, 2.45) is 16.7 Å². The van der Waals surface area contributed by atoms with Gasteiger partial charge in [-0.15, -0.1) is 0 Å². The van der Waals surface area contributed by atoms with E-state index in [1.807, 2.05) is 0 Å². The fourth-order valence-corrected chi connectivity index (χ4v) is 4.76. The standard InChI is InChI=1S/C21H24F3N3O/c22-16-7-15(18(23)24)8-17(9-16)26-19(28)14-1-3-21(4-2-14)12-27(13-21)11-20(10-25)5-6-20/h7-9,14,18H,1-6,11-13H2,(H,26,28). The van der Waals surface area contributed by atoms with Crippen LogP contribution in [-0.4, -0.2) is 30.4 Å². The monoisotopic (exact) mass is 391 g/mol. The summed E-state index contributed by atoms with van der Waals surface area (Å²) >= 11 is 0. The lowest BCUT2D eigenvalue weighted by atomic mass is 9.65. The Bertz CT molecular complexity index is 800. The van der Waals surface area contributed by atoms with Crippen molar-refractivity contribution in [2.45, 2.75) is 45.0 Å². The molecule has 1 aromatic carbocycles. The number of nitriles is 1. The third kappa shape index (κ3) is 3.88. The number of halogens is 3. The van der Waals surface area contributed by atoms with Gasteiger partial charge in [0.25, 0.3) is 6.43 Å². The van der Waals surface area contributed by atoms with Crippen LogP contribution in [0, 0.1) is 33.9 Å². The maximum Gasteiger partial charge on any atom is 0.264 e. The molecule has 0 radical (unpaired) electrons. The number of benzene rings is 1. The van der Waals surface area contributed by atoms with Gasteiger partial charge in [0.05, 0.1) is 11.5 Å². The minimum atomic E-state index is -2.78. The van der Waals surface area contributed by atoms with Gasteiger partial charge in [0.1, 0.15) is 5.82 Å². The van der Waals surface area contributed by atoms with Crippen molar-refractivity contribution in [3.63, 3.8) is 0 Å². The molecule has 0 unspecified atom stereocenters. The van der Waals surface area contributed by atoms with Crippen LogP contribution in [0.4, 0.5) is 18.9 Å². The molecule has 2 saturated carbocycles. The first-order valence-corrected chi connectivity index (χ1v) is 9.85. The Morgan fingerprint density at radius 2 is 1.89 bits per heavy atom. The highest BCUT2D eigenvalue weighted by Gasteiger charge is 2.51. The molecule has 3 aliphatic rings. The number of rotatable bonds is 5. The zero-order valence-corrected chi connectivity index (χ0v) is 15.7. The summed E-state index contributed by atoms with van der Waals surface area (Å²) in [5, 5.41) is 11.8. The van der Waals surface area contributed by atoms with Crippen LogP contribution in [0.5, 0.6) is 0 Å². The van der Waals surface area contributed by atoms with Gasteiger partial charge in [-0.1, -0.05) is 0 Å². The summed E-state index contributed by atoms with van der Waals surface area (Å²) in [6, 6.07) is 5.42. The Morgan fingerprint density at radius 1 is 1.21 bits per heavy atom. The van der Waals surface area contributed by atoms with Crippen molar-refractivity contribution in [1.82, 2.24) is 4.90 Å². The molecule has 1 saturated heterocycles. The molecule has 1 aromatic rings. The Balaban J connectivity index is 1.28. The van der Waals surface area contributed by atoms with Crippen LogP contribution >= 0.6 is 0 Å². The van der Waals surface area contributed by atoms with Crippen molar-refractivity contribution in [2.75, 3.05) is 25.0 Å². The second kappa shape index (κ2) is 7.07. The molecule has 0 aromatic heterocycles.